The third kappa shape index (κ3) is 2.45. The maximum Gasteiger partial charge on any atom is 0.115 e. The molecule has 2 rings (SSSR count). The van der Waals surface area contributed by atoms with E-state index in [4.69, 9.17) is 5.26 Å². The smallest absolute Gasteiger partial charge is 0.115 e. The molecule has 0 saturated carbocycles. The summed E-state index contributed by atoms with van der Waals surface area (Å²) < 4.78 is 1.76. The first kappa shape index (κ1) is 11.2. The van der Waals surface area contributed by atoms with Gasteiger partial charge in [0.1, 0.15) is 5.75 Å². The van der Waals surface area contributed by atoms with E-state index in [-0.39, 0.29) is 11.8 Å². The summed E-state index contributed by atoms with van der Waals surface area (Å²) in [6, 6.07) is 8.93. The van der Waals surface area contributed by atoms with Crippen molar-refractivity contribution in [1.29, 1.82) is 5.26 Å². The highest BCUT2D eigenvalue weighted by Gasteiger charge is 2.14. The highest BCUT2D eigenvalue weighted by atomic mass is 16.3. The summed E-state index contributed by atoms with van der Waals surface area (Å²) in [5.74, 6) is 0.203. The van der Waals surface area contributed by atoms with E-state index < -0.39 is 0 Å². The van der Waals surface area contributed by atoms with Crippen LogP contribution >= 0.6 is 0 Å². The van der Waals surface area contributed by atoms with Gasteiger partial charge in [0.2, 0.25) is 0 Å². The molecule has 0 aliphatic rings. The number of aromatic hydroxyl groups is 1. The Bertz CT molecular complexity index is 554. The molecule has 1 unspecified atom stereocenters. The first-order valence-corrected chi connectivity index (χ1v) is 5.37. The maximum atomic E-state index is 9.47. The Hall–Kier alpha value is -2.28. The zero-order valence-corrected chi connectivity index (χ0v) is 9.54. The third-order valence-corrected chi connectivity index (χ3v) is 2.59. The molecule has 1 aromatic carbocycles. The number of nitriles is 1. The van der Waals surface area contributed by atoms with Crippen molar-refractivity contribution >= 4 is 0 Å². The van der Waals surface area contributed by atoms with E-state index >= 15 is 0 Å². The van der Waals surface area contributed by atoms with E-state index in [0.717, 1.165) is 11.1 Å². The SMILES string of the molecule is Cc1cnn(C(CC#N)c2cccc(O)c2)c1. The van der Waals surface area contributed by atoms with E-state index in [9.17, 15) is 5.11 Å². The topological polar surface area (TPSA) is 61.8 Å². The van der Waals surface area contributed by atoms with Crippen LogP contribution < -0.4 is 0 Å². The first-order valence-electron chi connectivity index (χ1n) is 5.37. The molecule has 0 aliphatic heterocycles. The zero-order valence-electron chi connectivity index (χ0n) is 9.54. The summed E-state index contributed by atoms with van der Waals surface area (Å²) in [5.41, 5.74) is 1.93. The molecule has 0 bridgehead atoms. The molecular weight excluding hydrogens is 214 g/mol. The van der Waals surface area contributed by atoms with Gasteiger partial charge < -0.3 is 5.11 Å². The molecule has 17 heavy (non-hydrogen) atoms. The molecule has 0 amide bonds. The molecule has 0 aliphatic carbocycles. The van der Waals surface area contributed by atoms with Crippen molar-refractivity contribution in [2.24, 2.45) is 0 Å². The van der Waals surface area contributed by atoms with Crippen molar-refractivity contribution in [3.05, 3.63) is 47.8 Å². The quantitative estimate of drug-likeness (QED) is 0.875. The Morgan fingerprint density at radius 2 is 2.35 bits per heavy atom. The van der Waals surface area contributed by atoms with Crippen LogP contribution in [0.25, 0.3) is 0 Å². The van der Waals surface area contributed by atoms with Gasteiger partial charge in [-0.05, 0) is 30.2 Å². The second-order valence-electron chi connectivity index (χ2n) is 3.97. The lowest BCUT2D eigenvalue weighted by atomic mass is 10.0. The van der Waals surface area contributed by atoms with Crippen molar-refractivity contribution in [3.63, 3.8) is 0 Å². The van der Waals surface area contributed by atoms with Gasteiger partial charge in [0.05, 0.1) is 24.7 Å². The molecular formula is C13H13N3O. The zero-order chi connectivity index (χ0) is 12.3. The fourth-order valence-electron chi connectivity index (χ4n) is 1.79. The molecule has 0 fully saturated rings. The van der Waals surface area contributed by atoms with Gasteiger partial charge in [-0.15, -0.1) is 0 Å². The van der Waals surface area contributed by atoms with Crippen LogP contribution in [0.4, 0.5) is 0 Å². The van der Waals surface area contributed by atoms with E-state index in [1.807, 2.05) is 19.2 Å². The monoisotopic (exact) mass is 227 g/mol. The van der Waals surface area contributed by atoms with Crippen LogP contribution in [-0.2, 0) is 0 Å². The number of benzene rings is 1. The van der Waals surface area contributed by atoms with Gasteiger partial charge in [0.15, 0.2) is 0 Å². The van der Waals surface area contributed by atoms with Crippen molar-refractivity contribution in [2.45, 2.75) is 19.4 Å². The minimum absolute atomic E-state index is 0.152. The van der Waals surface area contributed by atoms with Gasteiger partial charge in [-0.3, -0.25) is 4.68 Å². The lowest BCUT2D eigenvalue weighted by Gasteiger charge is -2.15. The van der Waals surface area contributed by atoms with Gasteiger partial charge in [0.25, 0.3) is 0 Å². The average molecular weight is 227 g/mol. The lowest BCUT2D eigenvalue weighted by Crippen LogP contribution is -2.10. The Labute approximate surface area is 99.7 Å². The fraction of sp³-hybridized carbons (Fsp3) is 0.231. The number of phenolic OH excluding ortho intramolecular Hbond substituents is 1. The molecule has 1 N–H and O–H groups in total. The van der Waals surface area contributed by atoms with Crippen molar-refractivity contribution < 1.29 is 5.11 Å². The molecule has 4 heteroatoms. The normalized spacial score (nSPS) is 12.0. The standard InChI is InChI=1S/C13H13N3O/c1-10-8-15-16(9-10)13(5-6-14)11-3-2-4-12(17)7-11/h2-4,7-9,13,17H,5H2,1H3. The Balaban J connectivity index is 2.39. The van der Waals surface area contributed by atoms with E-state index in [1.165, 1.54) is 0 Å². The van der Waals surface area contributed by atoms with Crippen LogP contribution in [0.5, 0.6) is 5.75 Å². The summed E-state index contributed by atoms with van der Waals surface area (Å²) in [5, 5.41) is 22.6. The number of hydrogen-bond acceptors (Lipinski definition) is 3. The molecule has 1 aromatic heterocycles. The van der Waals surface area contributed by atoms with E-state index in [1.54, 1.807) is 29.1 Å². The Kier molecular flexibility index (Phi) is 3.10. The van der Waals surface area contributed by atoms with Crippen molar-refractivity contribution in [1.82, 2.24) is 9.78 Å². The Morgan fingerprint density at radius 3 is 2.94 bits per heavy atom. The number of nitrogens with zero attached hydrogens (tertiary/aromatic N) is 3. The predicted octanol–water partition coefficient (Wildman–Crippen LogP) is 2.40. The molecule has 1 heterocycles. The molecule has 86 valence electrons. The van der Waals surface area contributed by atoms with E-state index in [2.05, 4.69) is 11.2 Å². The molecule has 0 spiro atoms. The average Bonchev–Trinajstić information content (AvgIpc) is 2.72. The largest absolute Gasteiger partial charge is 0.508 e. The van der Waals surface area contributed by atoms with E-state index in [0.29, 0.717) is 6.42 Å². The summed E-state index contributed by atoms with van der Waals surface area (Å²) in [4.78, 5) is 0. The van der Waals surface area contributed by atoms with Gasteiger partial charge in [-0.1, -0.05) is 12.1 Å². The van der Waals surface area contributed by atoms with Crippen molar-refractivity contribution in [3.8, 4) is 11.8 Å². The van der Waals surface area contributed by atoms with Gasteiger partial charge in [-0.25, -0.2) is 0 Å². The second kappa shape index (κ2) is 4.71. The van der Waals surface area contributed by atoms with Gasteiger partial charge in [-0.2, -0.15) is 10.4 Å². The second-order valence-corrected chi connectivity index (χ2v) is 3.97. The number of phenols is 1. The Morgan fingerprint density at radius 1 is 1.53 bits per heavy atom. The number of hydrogen-bond donors (Lipinski definition) is 1. The van der Waals surface area contributed by atoms with Gasteiger partial charge >= 0.3 is 0 Å². The lowest BCUT2D eigenvalue weighted by molar-refractivity contribution is 0.470. The number of rotatable bonds is 3. The van der Waals surface area contributed by atoms with Crippen LogP contribution in [0, 0.1) is 18.3 Å². The highest BCUT2D eigenvalue weighted by Crippen LogP contribution is 2.24. The first-order chi connectivity index (χ1) is 8.20. The minimum atomic E-state index is -0.152. The molecule has 2 aromatic rings. The molecule has 0 saturated heterocycles. The summed E-state index contributed by atoms with van der Waals surface area (Å²) in [6.07, 6.45) is 3.98. The minimum Gasteiger partial charge on any atom is -0.508 e. The molecule has 0 radical (unpaired) electrons. The van der Waals surface area contributed by atoms with Crippen LogP contribution in [-0.4, -0.2) is 14.9 Å². The van der Waals surface area contributed by atoms with Crippen LogP contribution in [0.2, 0.25) is 0 Å². The number of aryl methyl sites for hydroxylation is 1. The fourth-order valence-corrected chi connectivity index (χ4v) is 1.79. The third-order valence-electron chi connectivity index (χ3n) is 2.59. The van der Waals surface area contributed by atoms with Crippen LogP contribution in [0.15, 0.2) is 36.7 Å². The number of aromatic nitrogens is 2. The summed E-state index contributed by atoms with van der Waals surface area (Å²) >= 11 is 0. The highest BCUT2D eigenvalue weighted by molar-refractivity contribution is 5.30. The summed E-state index contributed by atoms with van der Waals surface area (Å²) in [6.45, 7) is 1.95. The van der Waals surface area contributed by atoms with Crippen LogP contribution in [0.3, 0.4) is 0 Å². The predicted molar refractivity (Wildman–Crippen MR) is 63.4 cm³/mol. The van der Waals surface area contributed by atoms with Crippen molar-refractivity contribution in [2.75, 3.05) is 0 Å². The maximum absolute atomic E-state index is 9.47. The van der Waals surface area contributed by atoms with Gasteiger partial charge in [0, 0.05) is 6.20 Å². The molecule has 4 nitrogen and oxygen atoms in total. The van der Waals surface area contributed by atoms with Crippen LogP contribution in [0.1, 0.15) is 23.6 Å². The molecule has 1 atom stereocenters. The summed E-state index contributed by atoms with van der Waals surface area (Å²) in [7, 11) is 0.